The van der Waals surface area contributed by atoms with Gasteiger partial charge in [-0.2, -0.15) is 0 Å². The summed E-state index contributed by atoms with van der Waals surface area (Å²) in [5.41, 5.74) is 11.2. The highest BCUT2D eigenvalue weighted by molar-refractivity contribution is 5.76. The molecule has 0 unspecified atom stereocenters. The van der Waals surface area contributed by atoms with Gasteiger partial charge in [0.15, 0.2) is 0 Å². The largest absolute Gasteiger partial charge is 0.492 e. The van der Waals surface area contributed by atoms with Crippen molar-refractivity contribution in [2.24, 2.45) is 0 Å². The number of unbranched alkanes of at least 4 members (excludes halogenated alkanes) is 1. The van der Waals surface area contributed by atoms with Crippen molar-refractivity contribution < 1.29 is 14.2 Å². The number of nitrogen functional groups attached to an aromatic ring is 1. The highest BCUT2D eigenvalue weighted by Crippen LogP contribution is 2.39. The molecular formula is C45H68N4O3. The zero-order valence-electron chi connectivity index (χ0n) is 33.3. The topological polar surface area (TPSA) is 63.4 Å². The van der Waals surface area contributed by atoms with Crippen LogP contribution in [0.1, 0.15) is 116 Å². The van der Waals surface area contributed by atoms with E-state index in [9.17, 15) is 0 Å². The minimum absolute atomic E-state index is 0.103. The van der Waals surface area contributed by atoms with Gasteiger partial charge in [0.2, 0.25) is 0 Å². The second-order valence-electron chi connectivity index (χ2n) is 16.4. The van der Waals surface area contributed by atoms with Crippen LogP contribution in [0.25, 0.3) is 0 Å². The average molecular weight is 713 g/mol. The Morgan fingerprint density at radius 3 is 1.90 bits per heavy atom. The van der Waals surface area contributed by atoms with E-state index in [0.29, 0.717) is 43.3 Å². The van der Waals surface area contributed by atoms with Gasteiger partial charge >= 0.3 is 0 Å². The number of hydrogen-bond donors (Lipinski definition) is 1. The number of nitrogens with two attached hydrogens (primary N) is 1. The fourth-order valence-electron chi connectivity index (χ4n) is 7.79. The summed E-state index contributed by atoms with van der Waals surface area (Å²) in [6.07, 6.45) is 15.3. The molecule has 3 aromatic carbocycles. The maximum absolute atomic E-state index is 7.02. The van der Waals surface area contributed by atoms with E-state index in [4.69, 9.17) is 19.9 Å². The van der Waals surface area contributed by atoms with Crippen LogP contribution in [0.4, 0.5) is 11.4 Å². The molecule has 2 aliphatic carbocycles. The third-order valence-corrected chi connectivity index (χ3v) is 11.3. The second-order valence-corrected chi connectivity index (χ2v) is 16.4. The van der Waals surface area contributed by atoms with Crippen LogP contribution in [0, 0.1) is 0 Å². The van der Waals surface area contributed by atoms with Crippen LogP contribution in [0.15, 0.2) is 60.7 Å². The van der Waals surface area contributed by atoms with E-state index < -0.39 is 0 Å². The van der Waals surface area contributed by atoms with E-state index in [-0.39, 0.29) is 5.41 Å². The first kappa shape index (κ1) is 39.8. The van der Waals surface area contributed by atoms with Gasteiger partial charge in [-0.1, -0.05) is 96.9 Å². The molecule has 0 atom stereocenters. The quantitative estimate of drug-likeness (QED) is 0.132. The van der Waals surface area contributed by atoms with E-state index >= 15 is 0 Å². The second kappa shape index (κ2) is 19.6. The van der Waals surface area contributed by atoms with Crippen molar-refractivity contribution in [3.05, 3.63) is 71.8 Å². The SMILES string of the molecule is CCCCN(Cc1cccc(Oc2ccc(C(C)(C)C)cc2)c1)c1cc(OCCN(C)C2CCCCC2)cc(OCCN(C)C2CCCCC2)c1N. The molecule has 0 aromatic heterocycles. The predicted molar refractivity (Wildman–Crippen MR) is 218 cm³/mol. The molecule has 3 aromatic rings. The lowest BCUT2D eigenvalue weighted by atomic mass is 9.87. The average Bonchev–Trinajstić information content (AvgIpc) is 3.15. The number of benzene rings is 3. The standard InChI is InChI=1S/C45H68N4O3/c1-7-8-26-49(34-35-16-15-21-40(31-35)52-39-24-22-36(23-25-39)45(2,3)4)42-32-41(50-29-27-47(5)37-17-11-9-12-18-37)33-43(44(42)46)51-30-28-48(6)38-19-13-10-14-20-38/h15-16,21-25,31-33,37-38H,7-14,17-20,26-30,34,46H2,1-6H3. The molecule has 0 amide bonds. The molecule has 7 heteroatoms. The zero-order valence-corrected chi connectivity index (χ0v) is 33.3. The van der Waals surface area contributed by atoms with Crippen molar-refractivity contribution in [2.75, 3.05) is 57.6 Å². The van der Waals surface area contributed by atoms with Gasteiger partial charge in [-0.25, -0.2) is 0 Å². The van der Waals surface area contributed by atoms with E-state index in [1.165, 1.54) is 69.8 Å². The lowest BCUT2D eigenvalue weighted by Crippen LogP contribution is -2.36. The van der Waals surface area contributed by atoms with Crippen LogP contribution in [-0.2, 0) is 12.0 Å². The summed E-state index contributed by atoms with van der Waals surface area (Å²) in [5.74, 6) is 3.19. The van der Waals surface area contributed by atoms with Gasteiger partial charge in [-0.05, 0) is 87.0 Å². The third kappa shape index (κ3) is 11.8. The number of rotatable bonds is 18. The van der Waals surface area contributed by atoms with E-state index in [1.807, 2.05) is 12.1 Å². The van der Waals surface area contributed by atoms with E-state index in [2.05, 4.69) is 105 Å². The fraction of sp³-hybridized carbons (Fsp3) is 0.600. The van der Waals surface area contributed by atoms with Gasteiger partial charge in [0, 0.05) is 50.4 Å². The molecule has 5 rings (SSSR count). The highest BCUT2D eigenvalue weighted by Gasteiger charge is 2.21. The predicted octanol–water partition coefficient (Wildman–Crippen LogP) is 10.5. The van der Waals surface area contributed by atoms with Crippen molar-refractivity contribution >= 4 is 11.4 Å². The molecule has 0 aliphatic heterocycles. The third-order valence-electron chi connectivity index (χ3n) is 11.3. The van der Waals surface area contributed by atoms with Crippen LogP contribution >= 0.6 is 0 Å². The summed E-state index contributed by atoms with van der Waals surface area (Å²) >= 11 is 0. The molecule has 2 saturated carbocycles. The molecule has 0 saturated heterocycles. The Morgan fingerprint density at radius 2 is 1.31 bits per heavy atom. The van der Waals surface area contributed by atoms with Crippen LogP contribution in [0.3, 0.4) is 0 Å². The lowest BCUT2D eigenvalue weighted by molar-refractivity contribution is 0.157. The smallest absolute Gasteiger partial charge is 0.148 e. The van der Waals surface area contributed by atoms with Crippen molar-refractivity contribution in [1.82, 2.24) is 9.80 Å². The van der Waals surface area contributed by atoms with Crippen molar-refractivity contribution in [3.8, 4) is 23.0 Å². The van der Waals surface area contributed by atoms with E-state index in [1.54, 1.807) is 0 Å². The van der Waals surface area contributed by atoms with Gasteiger partial charge in [-0.15, -0.1) is 0 Å². The minimum atomic E-state index is 0.103. The molecule has 0 spiro atoms. The van der Waals surface area contributed by atoms with Crippen LogP contribution in [0.2, 0.25) is 0 Å². The van der Waals surface area contributed by atoms with Crippen molar-refractivity contribution in [3.63, 3.8) is 0 Å². The van der Waals surface area contributed by atoms with Gasteiger partial charge in [0.05, 0.1) is 11.4 Å². The summed E-state index contributed by atoms with van der Waals surface area (Å²) in [7, 11) is 4.48. The van der Waals surface area contributed by atoms with E-state index in [0.717, 1.165) is 61.0 Å². The lowest BCUT2D eigenvalue weighted by Gasteiger charge is -2.31. The van der Waals surface area contributed by atoms with Gasteiger partial charge in [-0.3, -0.25) is 0 Å². The molecule has 2 aliphatic rings. The number of anilines is 2. The fourth-order valence-corrected chi connectivity index (χ4v) is 7.79. The molecule has 0 radical (unpaired) electrons. The normalized spacial score (nSPS) is 16.0. The number of likely N-dealkylation sites (N-methyl/N-ethyl adjacent to an activating group) is 2. The van der Waals surface area contributed by atoms with Crippen LogP contribution in [-0.4, -0.2) is 68.8 Å². The van der Waals surface area contributed by atoms with Crippen LogP contribution < -0.4 is 24.8 Å². The first-order valence-electron chi connectivity index (χ1n) is 20.3. The van der Waals surface area contributed by atoms with Crippen molar-refractivity contribution in [2.45, 2.75) is 129 Å². The molecule has 2 N–H and O–H groups in total. The summed E-state index contributed by atoms with van der Waals surface area (Å²) < 4.78 is 19.4. The van der Waals surface area contributed by atoms with Gasteiger partial charge < -0.3 is 34.6 Å². The molecule has 7 nitrogen and oxygen atoms in total. The number of hydrogen-bond acceptors (Lipinski definition) is 7. The molecule has 2 fully saturated rings. The molecule has 52 heavy (non-hydrogen) atoms. The Hall–Kier alpha value is -3.42. The summed E-state index contributed by atoms with van der Waals surface area (Å²) in [5, 5.41) is 0. The molecule has 286 valence electrons. The monoisotopic (exact) mass is 713 g/mol. The number of nitrogens with zero attached hydrogens (tertiary/aromatic N) is 3. The molecule has 0 bridgehead atoms. The Kier molecular flexibility index (Phi) is 15.0. The van der Waals surface area contributed by atoms with Gasteiger partial charge in [0.1, 0.15) is 36.2 Å². The summed E-state index contributed by atoms with van der Waals surface area (Å²) in [6.45, 7) is 13.5. The maximum atomic E-state index is 7.02. The first-order chi connectivity index (χ1) is 25.1. The minimum Gasteiger partial charge on any atom is -0.492 e. The van der Waals surface area contributed by atoms with Crippen molar-refractivity contribution in [1.29, 1.82) is 0 Å². The van der Waals surface area contributed by atoms with Gasteiger partial charge in [0.25, 0.3) is 0 Å². The Morgan fingerprint density at radius 1 is 0.692 bits per heavy atom. The molecular weight excluding hydrogens is 645 g/mol. The zero-order chi connectivity index (χ0) is 36.9. The Balaban J connectivity index is 1.33. The number of ether oxygens (including phenoxy) is 3. The Labute approximate surface area is 315 Å². The Bertz CT molecular complexity index is 1490. The summed E-state index contributed by atoms with van der Waals surface area (Å²) in [6, 6.07) is 22.3. The summed E-state index contributed by atoms with van der Waals surface area (Å²) in [4.78, 5) is 7.34. The first-order valence-corrected chi connectivity index (χ1v) is 20.3. The molecule has 0 heterocycles. The van der Waals surface area contributed by atoms with Crippen LogP contribution in [0.5, 0.6) is 23.0 Å². The highest BCUT2D eigenvalue weighted by atomic mass is 16.5. The maximum Gasteiger partial charge on any atom is 0.148 e.